The molecule has 11 heteroatoms. The van der Waals surface area contributed by atoms with Crippen LogP contribution < -0.4 is 14.8 Å². The second kappa shape index (κ2) is 8.98. The lowest BCUT2D eigenvalue weighted by molar-refractivity contribution is -0.162. The normalized spacial score (nSPS) is 17.4. The Morgan fingerprint density at radius 3 is 2.41 bits per heavy atom. The smallest absolute Gasteiger partial charge is 0.422 e. The van der Waals surface area contributed by atoms with Gasteiger partial charge < -0.3 is 24.4 Å². The van der Waals surface area contributed by atoms with E-state index in [1.807, 2.05) is 0 Å². The molecule has 1 N–H and O–H groups in total. The van der Waals surface area contributed by atoms with Crippen LogP contribution in [-0.4, -0.2) is 56.0 Å². The van der Waals surface area contributed by atoms with Gasteiger partial charge >= 0.3 is 12.3 Å². The Kier molecular flexibility index (Phi) is 6.61. The first kappa shape index (κ1) is 21.4. The lowest BCUT2D eigenvalue weighted by atomic mass is 9.96. The van der Waals surface area contributed by atoms with Crippen LogP contribution in [0.3, 0.4) is 0 Å². The van der Waals surface area contributed by atoms with Gasteiger partial charge in [0.1, 0.15) is 0 Å². The lowest BCUT2D eigenvalue weighted by Crippen LogP contribution is -2.42. The van der Waals surface area contributed by atoms with E-state index in [0.29, 0.717) is 48.3 Å². The van der Waals surface area contributed by atoms with Gasteiger partial charge in [-0.2, -0.15) is 13.2 Å². The molecule has 2 aliphatic rings. The van der Waals surface area contributed by atoms with E-state index in [9.17, 15) is 22.8 Å². The largest absolute Gasteiger partial charge is 0.490 e. The van der Waals surface area contributed by atoms with Crippen molar-refractivity contribution >= 4 is 29.3 Å². The fraction of sp³-hybridized carbons (Fsp3) is 0.556. The number of halogens is 4. The van der Waals surface area contributed by atoms with Crippen LogP contribution in [0.4, 0.5) is 23.7 Å². The van der Waals surface area contributed by atoms with Gasteiger partial charge in [0.25, 0.3) is 0 Å². The Bertz CT molecular complexity index is 767. The number of likely N-dealkylation sites (tertiary alicyclic amines) is 1. The molecule has 0 aliphatic carbocycles. The van der Waals surface area contributed by atoms with Crippen molar-refractivity contribution in [1.29, 1.82) is 0 Å². The molecule has 1 aromatic carbocycles. The first-order chi connectivity index (χ1) is 13.7. The molecular weight excluding hydrogens is 417 g/mol. The number of alkyl halides is 3. The van der Waals surface area contributed by atoms with E-state index >= 15 is 0 Å². The Labute approximate surface area is 170 Å². The maximum absolute atomic E-state index is 12.6. The summed E-state index contributed by atoms with van der Waals surface area (Å²) in [5.41, 5.74) is 0.382. The van der Waals surface area contributed by atoms with Crippen LogP contribution in [0.1, 0.15) is 19.3 Å². The minimum absolute atomic E-state index is 0.129. The minimum Gasteiger partial charge on any atom is -0.490 e. The van der Waals surface area contributed by atoms with Gasteiger partial charge in [-0.05, 0) is 12.8 Å². The Balaban J connectivity index is 1.54. The summed E-state index contributed by atoms with van der Waals surface area (Å²) >= 11 is 6.22. The number of hydrogen-bond donors (Lipinski definition) is 1. The Hall–Kier alpha value is -2.36. The second-order valence-electron chi connectivity index (χ2n) is 6.75. The number of rotatable bonds is 3. The number of carbonyl (C=O) groups excluding carboxylic acids is 2. The number of nitrogens with zero attached hydrogens (tertiary/aromatic N) is 1. The third-order valence-corrected chi connectivity index (χ3v) is 4.89. The molecule has 1 fully saturated rings. The highest BCUT2D eigenvalue weighted by Gasteiger charge is 2.33. The van der Waals surface area contributed by atoms with Gasteiger partial charge in [0, 0.05) is 37.6 Å². The van der Waals surface area contributed by atoms with Crippen LogP contribution in [-0.2, 0) is 9.53 Å². The molecule has 2 amide bonds. The summed E-state index contributed by atoms with van der Waals surface area (Å²) in [5.74, 6) is 0.305. The number of piperidine rings is 1. The molecule has 2 heterocycles. The molecule has 0 atom stereocenters. The maximum Gasteiger partial charge on any atom is 0.422 e. The van der Waals surface area contributed by atoms with E-state index in [2.05, 4.69) is 10.1 Å². The number of amides is 2. The van der Waals surface area contributed by atoms with E-state index in [-0.39, 0.29) is 19.0 Å². The van der Waals surface area contributed by atoms with Gasteiger partial charge in [-0.1, -0.05) is 11.6 Å². The number of carbonyl (C=O) groups is 2. The standard InChI is InChI=1S/C18H20ClF3N2O5/c19-12-8-14-15(28-7-1-6-27-14)9-13(12)23-16(25)11-2-4-24(5-3-11)17(26)29-10-18(20,21)22/h8-9,11H,1-7,10H2,(H,23,25). The van der Waals surface area contributed by atoms with E-state index in [1.54, 1.807) is 12.1 Å². The van der Waals surface area contributed by atoms with Crippen molar-refractivity contribution in [2.75, 3.05) is 38.2 Å². The summed E-state index contributed by atoms with van der Waals surface area (Å²) in [7, 11) is 0. The maximum atomic E-state index is 12.6. The van der Waals surface area contributed by atoms with Gasteiger partial charge in [-0.25, -0.2) is 4.79 Å². The van der Waals surface area contributed by atoms with Gasteiger partial charge in [0.05, 0.1) is 23.9 Å². The molecule has 0 aromatic heterocycles. The molecule has 1 aromatic rings. The minimum atomic E-state index is -4.57. The first-order valence-electron chi connectivity index (χ1n) is 9.11. The summed E-state index contributed by atoms with van der Waals surface area (Å²) < 4.78 is 51.8. The zero-order valence-corrected chi connectivity index (χ0v) is 16.1. The van der Waals surface area contributed by atoms with E-state index in [1.165, 1.54) is 0 Å². The van der Waals surface area contributed by atoms with Crippen molar-refractivity contribution in [2.24, 2.45) is 5.92 Å². The van der Waals surface area contributed by atoms with Crippen molar-refractivity contribution in [2.45, 2.75) is 25.4 Å². The van der Waals surface area contributed by atoms with Crippen LogP contribution >= 0.6 is 11.6 Å². The number of ether oxygens (including phenoxy) is 3. The third kappa shape index (κ3) is 5.81. The highest BCUT2D eigenvalue weighted by Crippen LogP contribution is 2.38. The molecule has 3 rings (SSSR count). The molecule has 2 aliphatic heterocycles. The first-order valence-corrected chi connectivity index (χ1v) is 9.49. The average Bonchev–Trinajstić information content (AvgIpc) is 2.90. The van der Waals surface area contributed by atoms with Gasteiger partial charge in [0.2, 0.25) is 5.91 Å². The molecular formula is C18H20ClF3N2O5. The molecule has 29 heavy (non-hydrogen) atoms. The number of fused-ring (bicyclic) bond motifs is 1. The van der Waals surface area contributed by atoms with Crippen molar-refractivity contribution in [3.63, 3.8) is 0 Å². The van der Waals surface area contributed by atoms with Crippen LogP contribution in [0.25, 0.3) is 0 Å². The third-order valence-electron chi connectivity index (χ3n) is 4.58. The Morgan fingerprint density at radius 2 is 1.79 bits per heavy atom. The fourth-order valence-corrected chi connectivity index (χ4v) is 3.27. The highest BCUT2D eigenvalue weighted by atomic mass is 35.5. The quantitative estimate of drug-likeness (QED) is 0.778. The van der Waals surface area contributed by atoms with Gasteiger partial charge in [-0.15, -0.1) is 0 Å². The monoisotopic (exact) mass is 436 g/mol. The van der Waals surface area contributed by atoms with Crippen LogP contribution in [0.5, 0.6) is 11.5 Å². The van der Waals surface area contributed by atoms with Crippen molar-refractivity contribution in [3.05, 3.63) is 17.2 Å². The van der Waals surface area contributed by atoms with Gasteiger partial charge in [0.15, 0.2) is 18.1 Å². The van der Waals surface area contributed by atoms with E-state index < -0.39 is 24.8 Å². The molecule has 0 unspecified atom stereocenters. The summed E-state index contributed by atoms with van der Waals surface area (Å²) in [4.78, 5) is 25.4. The summed E-state index contributed by atoms with van der Waals surface area (Å²) in [6, 6.07) is 3.18. The average molecular weight is 437 g/mol. The number of hydrogen-bond acceptors (Lipinski definition) is 5. The molecule has 0 spiro atoms. The summed E-state index contributed by atoms with van der Waals surface area (Å²) in [5, 5.41) is 3.05. The summed E-state index contributed by atoms with van der Waals surface area (Å²) in [6.07, 6.45) is -4.27. The fourth-order valence-electron chi connectivity index (χ4n) is 3.07. The SMILES string of the molecule is O=C(Nc1cc2c(cc1Cl)OCCCO2)C1CCN(C(=O)OCC(F)(F)F)CC1. The topological polar surface area (TPSA) is 77.1 Å². The lowest BCUT2D eigenvalue weighted by Gasteiger charge is -2.30. The van der Waals surface area contributed by atoms with E-state index in [0.717, 1.165) is 11.3 Å². The van der Waals surface area contributed by atoms with Gasteiger partial charge in [-0.3, -0.25) is 4.79 Å². The van der Waals surface area contributed by atoms with Crippen LogP contribution in [0.15, 0.2) is 12.1 Å². The number of anilines is 1. The van der Waals surface area contributed by atoms with Crippen molar-refractivity contribution < 1.29 is 37.0 Å². The Morgan fingerprint density at radius 1 is 1.17 bits per heavy atom. The van der Waals surface area contributed by atoms with Crippen LogP contribution in [0.2, 0.25) is 5.02 Å². The van der Waals surface area contributed by atoms with Crippen molar-refractivity contribution in [1.82, 2.24) is 4.90 Å². The predicted octanol–water partition coefficient (Wildman–Crippen LogP) is 3.85. The second-order valence-corrected chi connectivity index (χ2v) is 7.16. The predicted molar refractivity (Wildman–Crippen MR) is 97.4 cm³/mol. The van der Waals surface area contributed by atoms with E-state index in [4.69, 9.17) is 21.1 Å². The highest BCUT2D eigenvalue weighted by molar-refractivity contribution is 6.34. The number of nitrogens with one attached hydrogen (secondary N) is 1. The zero-order chi connectivity index (χ0) is 21.0. The van der Waals surface area contributed by atoms with Crippen molar-refractivity contribution in [3.8, 4) is 11.5 Å². The number of benzene rings is 1. The summed E-state index contributed by atoms with van der Waals surface area (Å²) in [6.45, 7) is -0.369. The molecule has 0 bridgehead atoms. The molecule has 0 saturated carbocycles. The molecule has 1 saturated heterocycles. The zero-order valence-electron chi connectivity index (χ0n) is 15.4. The molecule has 0 radical (unpaired) electrons. The molecule has 160 valence electrons. The van der Waals surface area contributed by atoms with Crippen LogP contribution in [0, 0.1) is 5.92 Å². The molecule has 7 nitrogen and oxygen atoms in total.